The number of amides is 2. The molecule has 0 radical (unpaired) electrons. The normalized spacial score (nSPS) is 21.8. The topological polar surface area (TPSA) is 70.7 Å². The van der Waals surface area contributed by atoms with Gasteiger partial charge in [0.25, 0.3) is 0 Å². The summed E-state index contributed by atoms with van der Waals surface area (Å²) in [5.74, 6) is 0.0896. The summed E-state index contributed by atoms with van der Waals surface area (Å²) in [5.41, 5.74) is 0. The minimum atomic E-state index is -0.391. The van der Waals surface area contributed by atoms with Gasteiger partial charge < -0.3 is 15.4 Å². The van der Waals surface area contributed by atoms with Gasteiger partial charge in [-0.3, -0.25) is 14.5 Å². The summed E-state index contributed by atoms with van der Waals surface area (Å²) < 4.78 is 5.29. The van der Waals surface area contributed by atoms with Gasteiger partial charge in [-0.2, -0.15) is 0 Å². The highest BCUT2D eigenvalue weighted by atomic mass is 16.5. The molecule has 1 heterocycles. The fraction of sp³-hybridized carbons (Fsp3) is 0.867. The largest absolute Gasteiger partial charge is 0.369 e. The molecule has 0 aromatic heterocycles. The fourth-order valence-electron chi connectivity index (χ4n) is 2.58. The van der Waals surface area contributed by atoms with Crippen LogP contribution < -0.4 is 10.6 Å². The Kier molecular flexibility index (Phi) is 5.99. The van der Waals surface area contributed by atoms with Crippen molar-refractivity contribution in [2.75, 3.05) is 26.2 Å². The van der Waals surface area contributed by atoms with Gasteiger partial charge in [-0.1, -0.05) is 0 Å². The number of carbonyl (C=O) groups is 2. The number of likely N-dealkylation sites (tertiary alicyclic amines) is 1. The quantitative estimate of drug-likeness (QED) is 0.708. The van der Waals surface area contributed by atoms with Crippen LogP contribution in [-0.2, 0) is 14.3 Å². The molecule has 21 heavy (non-hydrogen) atoms. The second-order valence-corrected chi connectivity index (χ2v) is 6.00. The first-order valence-electron chi connectivity index (χ1n) is 8.02. The molecule has 1 aliphatic heterocycles. The van der Waals surface area contributed by atoms with Gasteiger partial charge in [-0.15, -0.1) is 0 Å². The molecule has 120 valence electrons. The van der Waals surface area contributed by atoms with E-state index < -0.39 is 6.10 Å². The third-order valence-electron chi connectivity index (χ3n) is 4.03. The highest BCUT2D eigenvalue weighted by molar-refractivity contribution is 5.80. The van der Waals surface area contributed by atoms with E-state index in [1.807, 2.05) is 6.92 Å². The van der Waals surface area contributed by atoms with E-state index in [9.17, 15) is 9.59 Å². The van der Waals surface area contributed by atoms with Gasteiger partial charge in [0.05, 0.1) is 6.54 Å². The van der Waals surface area contributed by atoms with Crippen molar-refractivity contribution in [1.29, 1.82) is 0 Å². The second-order valence-electron chi connectivity index (χ2n) is 6.00. The Morgan fingerprint density at radius 2 is 1.76 bits per heavy atom. The van der Waals surface area contributed by atoms with Crippen LogP contribution in [-0.4, -0.2) is 61.1 Å². The van der Waals surface area contributed by atoms with E-state index in [-0.39, 0.29) is 17.9 Å². The van der Waals surface area contributed by atoms with Gasteiger partial charge in [0.2, 0.25) is 11.8 Å². The van der Waals surface area contributed by atoms with Crippen molar-refractivity contribution in [2.24, 2.45) is 0 Å². The number of carbonyl (C=O) groups excluding carboxylic acids is 2. The molecule has 1 atom stereocenters. The molecule has 2 amide bonds. The number of hydrogen-bond donors (Lipinski definition) is 2. The number of hydrogen-bond acceptors (Lipinski definition) is 4. The van der Waals surface area contributed by atoms with Crippen LogP contribution in [0.15, 0.2) is 0 Å². The first-order valence-corrected chi connectivity index (χ1v) is 8.02. The minimum Gasteiger partial charge on any atom is -0.369 e. The molecule has 2 fully saturated rings. The lowest BCUT2D eigenvalue weighted by atomic mass is 10.0. The Hall–Kier alpha value is -1.14. The first kappa shape index (κ1) is 16.2. The smallest absolute Gasteiger partial charge is 0.249 e. The summed E-state index contributed by atoms with van der Waals surface area (Å²) in [6, 6.07) is 0.623. The molecule has 0 aromatic rings. The fourth-order valence-corrected chi connectivity index (χ4v) is 2.58. The zero-order valence-corrected chi connectivity index (χ0v) is 13.1. The molecule has 1 saturated heterocycles. The first-order chi connectivity index (χ1) is 10.1. The summed E-state index contributed by atoms with van der Waals surface area (Å²) in [6.45, 7) is 6.39. The standard InChI is InChI=1S/C15H27N3O3/c1-3-21-11(2)15(20)17-13-6-8-18(9-7-13)10-14(19)16-12-4-5-12/h11-13H,3-10H2,1-2H3,(H,16,19)(H,17,20)/t11-/m0/s1. The molecular formula is C15H27N3O3. The molecule has 2 aliphatic rings. The molecule has 0 spiro atoms. The Morgan fingerprint density at radius 1 is 1.14 bits per heavy atom. The number of ether oxygens (including phenoxy) is 1. The van der Waals surface area contributed by atoms with Crippen molar-refractivity contribution in [3.05, 3.63) is 0 Å². The highest BCUT2D eigenvalue weighted by Crippen LogP contribution is 2.18. The summed E-state index contributed by atoms with van der Waals surface area (Å²) >= 11 is 0. The van der Waals surface area contributed by atoms with Gasteiger partial charge >= 0.3 is 0 Å². The lowest BCUT2D eigenvalue weighted by Crippen LogP contribution is -2.49. The summed E-state index contributed by atoms with van der Waals surface area (Å²) in [4.78, 5) is 25.8. The Bertz CT molecular complexity index is 363. The van der Waals surface area contributed by atoms with E-state index in [1.54, 1.807) is 6.92 Å². The lowest BCUT2D eigenvalue weighted by molar-refractivity contribution is -0.132. The maximum atomic E-state index is 11.9. The third-order valence-corrected chi connectivity index (χ3v) is 4.03. The second kappa shape index (κ2) is 7.75. The predicted octanol–water partition coefficient (Wildman–Crippen LogP) is 0.271. The van der Waals surface area contributed by atoms with E-state index in [2.05, 4.69) is 15.5 Å². The molecule has 0 unspecified atom stereocenters. The molecule has 6 heteroatoms. The molecule has 1 saturated carbocycles. The van der Waals surface area contributed by atoms with E-state index in [4.69, 9.17) is 4.74 Å². The predicted molar refractivity (Wildman–Crippen MR) is 79.9 cm³/mol. The molecule has 0 bridgehead atoms. The van der Waals surface area contributed by atoms with Crippen LogP contribution in [0.5, 0.6) is 0 Å². The Morgan fingerprint density at radius 3 is 2.33 bits per heavy atom. The van der Waals surface area contributed by atoms with Crippen LogP contribution in [0.1, 0.15) is 39.5 Å². The molecule has 2 N–H and O–H groups in total. The van der Waals surface area contributed by atoms with Crippen molar-refractivity contribution in [3.63, 3.8) is 0 Å². The van der Waals surface area contributed by atoms with Gasteiger partial charge in [-0.25, -0.2) is 0 Å². The Labute approximate surface area is 126 Å². The van der Waals surface area contributed by atoms with Gasteiger partial charge in [0.1, 0.15) is 6.10 Å². The van der Waals surface area contributed by atoms with E-state index in [0.717, 1.165) is 38.8 Å². The van der Waals surface area contributed by atoms with Crippen molar-refractivity contribution < 1.29 is 14.3 Å². The molecular weight excluding hydrogens is 270 g/mol. The van der Waals surface area contributed by atoms with Crippen LogP contribution >= 0.6 is 0 Å². The average Bonchev–Trinajstić information content (AvgIpc) is 3.25. The van der Waals surface area contributed by atoms with Gasteiger partial charge in [0.15, 0.2) is 0 Å². The zero-order chi connectivity index (χ0) is 15.2. The SMILES string of the molecule is CCO[C@@H](C)C(=O)NC1CCN(CC(=O)NC2CC2)CC1. The number of nitrogens with zero attached hydrogens (tertiary/aromatic N) is 1. The van der Waals surface area contributed by atoms with E-state index >= 15 is 0 Å². The van der Waals surface area contributed by atoms with E-state index in [0.29, 0.717) is 19.2 Å². The number of rotatable bonds is 7. The van der Waals surface area contributed by atoms with Crippen LogP contribution in [0, 0.1) is 0 Å². The third kappa shape index (κ3) is 5.63. The number of nitrogens with one attached hydrogen (secondary N) is 2. The van der Waals surface area contributed by atoms with Crippen molar-refractivity contribution in [3.8, 4) is 0 Å². The van der Waals surface area contributed by atoms with Crippen LogP contribution in [0.3, 0.4) is 0 Å². The van der Waals surface area contributed by atoms with Crippen LogP contribution in [0.4, 0.5) is 0 Å². The van der Waals surface area contributed by atoms with E-state index in [1.165, 1.54) is 0 Å². The molecule has 0 aromatic carbocycles. The average molecular weight is 297 g/mol. The maximum absolute atomic E-state index is 11.9. The number of piperidine rings is 1. The molecule has 1 aliphatic carbocycles. The minimum absolute atomic E-state index is 0.0400. The monoisotopic (exact) mass is 297 g/mol. The van der Waals surface area contributed by atoms with Crippen molar-refractivity contribution >= 4 is 11.8 Å². The molecule has 6 nitrogen and oxygen atoms in total. The van der Waals surface area contributed by atoms with Crippen LogP contribution in [0.2, 0.25) is 0 Å². The highest BCUT2D eigenvalue weighted by Gasteiger charge is 2.26. The maximum Gasteiger partial charge on any atom is 0.249 e. The Balaban J connectivity index is 1.63. The van der Waals surface area contributed by atoms with Crippen molar-refractivity contribution in [1.82, 2.24) is 15.5 Å². The zero-order valence-electron chi connectivity index (χ0n) is 13.1. The lowest BCUT2D eigenvalue weighted by Gasteiger charge is -2.32. The molecule has 2 rings (SSSR count). The summed E-state index contributed by atoms with van der Waals surface area (Å²) in [7, 11) is 0. The van der Waals surface area contributed by atoms with Gasteiger partial charge in [-0.05, 0) is 39.5 Å². The summed E-state index contributed by atoms with van der Waals surface area (Å²) in [6.07, 6.45) is 3.63. The van der Waals surface area contributed by atoms with Crippen LogP contribution in [0.25, 0.3) is 0 Å². The van der Waals surface area contributed by atoms with Gasteiger partial charge in [0, 0.05) is 31.8 Å². The van der Waals surface area contributed by atoms with Crippen molar-refractivity contribution in [2.45, 2.75) is 57.7 Å². The summed E-state index contributed by atoms with van der Waals surface area (Å²) in [5, 5.41) is 6.04.